The molecule has 0 saturated carbocycles. The van der Waals surface area contributed by atoms with Gasteiger partial charge in [0.05, 0.1) is 13.7 Å². The molecular weight excluding hydrogens is 352 g/mol. The molecule has 1 atom stereocenters. The minimum atomic E-state index is -0.918. The first-order chi connectivity index (χ1) is 12.4. The number of halogens is 1. The Balaban J connectivity index is 1.69. The summed E-state index contributed by atoms with van der Waals surface area (Å²) in [6.45, 7) is 1.94. The average Bonchev–Trinajstić information content (AvgIpc) is 2.86. The van der Waals surface area contributed by atoms with Crippen LogP contribution in [0.4, 0.5) is 4.79 Å². The smallest absolute Gasteiger partial charge is 0.325 e. The van der Waals surface area contributed by atoms with Crippen LogP contribution in [0, 0.1) is 0 Å². The highest BCUT2D eigenvalue weighted by molar-refractivity contribution is 6.31. The quantitative estimate of drug-likeness (QED) is 0.785. The van der Waals surface area contributed by atoms with E-state index in [1.165, 1.54) is 4.90 Å². The lowest BCUT2D eigenvalue weighted by molar-refractivity contribution is -0.131. The Kier molecular flexibility index (Phi) is 5.18. The second-order valence-electron chi connectivity index (χ2n) is 6.59. The van der Waals surface area contributed by atoms with Crippen LogP contribution in [0.5, 0.6) is 5.75 Å². The number of methoxy groups -OCH3 is 1. The Morgan fingerprint density at radius 2 is 1.81 bits per heavy atom. The number of carbonyl (C=O) groups excluding carboxylic acids is 2. The molecule has 1 heterocycles. The number of nitrogens with one attached hydrogen (secondary N) is 1. The van der Waals surface area contributed by atoms with E-state index in [-0.39, 0.29) is 18.5 Å². The molecule has 3 rings (SSSR count). The number of aryl methyl sites for hydroxylation is 1. The largest absolute Gasteiger partial charge is 0.497 e. The van der Waals surface area contributed by atoms with Crippen molar-refractivity contribution >= 4 is 23.5 Å². The van der Waals surface area contributed by atoms with Crippen molar-refractivity contribution in [2.75, 3.05) is 7.11 Å². The van der Waals surface area contributed by atoms with Gasteiger partial charge in [0.25, 0.3) is 5.91 Å². The molecule has 3 amide bonds. The fourth-order valence-corrected chi connectivity index (χ4v) is 3.24. The lowest BCUT2D eigenvalue weighted by Gasteiger charge is -2.22. The van der Waals surface area contributed by atoms with Crippen LogP contribution in [0.1, 0.15) is 24.5 Å². The predicted octanol–water partition coefficient (Wildman–Crippen LogP) is 3.79. The highest BCUT2D eigenvalue weighted by Crippen LogP contribution is 2.27. The van der Waals surface area contributed by atoms with Gasteiger partial charge < -0.3 is 10.1 Å². The van der Waals surface area contributed by atoms with E-state index in [4.69, 9.17) is 16.3 Å². The molecule has 1 aliphatic heterocycles. The topological polar surface area (TPSA) is 58.6 Å². The number of ether oxygens (including phenoxy) is 1. The number of nitrogens with zero attached hydrogens (tertiary/aromatic N) is 1. The van der Waals surface area contributed by atoms with Crippen LogP contribution in [-0.4, -0.2) is 29.5 Å². The van der Waals surface area contributed by atoms with Gasteiger partial charge >= 0.3 is 6.03 Å². The minimum Gasteiger partial charge on any atom is -0.497 e. The molecule has 136 valence electrons. The van der Waals surface area contributed by atoms with Crippen LogP contribution in [-0.2, 0) is 17.8 Å². The molecule has 0 spiro atoms. The molecular formula is C20H21ClN2O3. The molecule has 0 aromatic heterocycles. The van der Waals surface area contributed by atoms with Gasteiger partial charge in [-0.3, -0.25) is 9.69 Å². The van der Waals surface area contributed by atoms with Crippen molar-refractivity contribution in [1.29, 1.82) is 0 Å². The molecule has 2 aromatic rings. The standard InChI is InChI=1S/C20H21ClN2O3/c1-20(12-11-14-7-9-16(26-2)10-8-14)18(24)23(19(25)22-20)13-15-5-3-4-6-17(15)21/h3-10H,11-13H2,1-2H3,(H,22,25)/t20-/m0/s1. The van der Waals surface area contributed by atoms with E-state index in [0.717, 1.165) is 16.9 Å². The van der Waals surface area contributed by atoms with Gasteiger partial charge in [-0.15, -0.1) is 0 Å². The first kappa shape index (κ1) is 18.3. The van der Waals surface area contributed by atoms with Gasteiger partial charge in [-0.2, -0.15) is 0 Å². The summed E-state index contributed by atoms with van der Waals surface area (Å²) in [6, 6.07) is 14.5. The molecule has 0 radical (unpaired) electrons. The van der Waals surface area contributed by atoms with Crippen molar-refractivity contribution in [2.45, 2.75) is 31.8 Å². The van der Waals surface area contributed by atoms with Crippen LogP contribution in [0.3, 0.4) is 0 Å². The summed E-state index contributed by atoms with van der Waals surface area (Å²) < 4.78 is 5.15. The molecule has 1 N–H and O–H groups in total. The number of rotatable bonds is 6. The summed E-state index contributed by atoms with van der Waals surface area (Å²) in [4.78, 5) is 26.4. The van der Waals surface area contributed by atoms with Gasteiger partial charge in [0.15, 0.2) is 0 Å². The van der Waals surface area contributed by atoms with E-state index in [9.17, 15) is 9.59 Å². The van der Waals surface area contributed by atoms with E-state index in [1.54, 1.807) is 20.1 Å². The molecule has 0 unspecified atom stereocenters. The maximum atomic E-state index is 12.9. The molecule has 1 aliphatic rings. The van der Waals surface area contributed by atoms with Gasteiger partial charge in [0.2, 0.25) is 0 Å². The second kappa shape index (κ2) is 7.38. The summed E-state index contributed by atoms with van der Waals surface area (Å²) >= 11 is 6.16. The zero-order valence-corrected chi connectivity index (χ0v) is 15.5. The summed E-state index contributed by atoms with van der Waals surface area (Å²) in [7, 11) is 1.62. The van der Waals surface area contributed by atoms with Gasteiger partial charge in [-0.1, -0.05) is 41.9 Å². The maximum Gasteiger partial charge on any atom is 0.325 e. The zero-order chi connectivity index (χ0) is 18.7. The van der Waals surface area contributed by atoms with Crippen molar-refractivity contribution in [3.8, 4) is 5.75 Å². The first-order valence-corrected chi connectivity index (χ1v) is 8.81. The molecule has 1 fully saturated rings. The number of hydrogen-bond acceptors (Lipinski definition) is 3. The fourth-order valence-electron chi connectivity index (χ4n) is 3.04. The third kappa shape index (κ3) is 3.68. The predicted molar refractivity (Wildman–Crippen MR) is 100 cm³/mol. The van der Waals surface area contributed by atoms with Crippen molar-refractivity contribution < 1.29 is 14.3 Å². The number of urea groups is 1. The maximum absolute atomic E-state index is 12.9. The van der Waals surface area contributed by atoms with E-state index < -0.39 is 5.54 Å². The van der Waals surface area contributed by atoms with Crippen molar-refractivity contribution in [3.05, 3.63) is 64.7 Å². The highest BCUT2D eigenvalue weighted by atomic mass is 35.5. The molecule has 5 nitrogen and oxygen atoms in total. The Hall–Kier alpha value is -2.53. The molecule has 26 heavy (non-hydrogen) atoms. The van der Waals surface area contributed by atoms with E-state index in [2.05, 4.69) is 5.32 Å². The van der Waals surface area contributed by atoms with Crippen molar-refractivity contribution in [1.82, 2.24) is 10.2 Å². The van der Waals surface area contributed by atoms with Crippen LogP contribution >= 0.6 is 11.6 Å². The number of benzene rings is 2. The number of imide groups is 1. The average molecular weight is 373 g/mol. The lowest BCUT2D eigenvalue weighted by Crippen LogP contribution is -2.44. The van der Waals surface area contributed by atoms with E-state index in [0.29, 0.717) is 17.9 Å². The summed E-state index contributed by atoms with van der Waals surface area (Å²) in [5, 5.41) is 3.37. The lowest BCUT2D eigenvalue weighted by atomic mass is 9.93. The van der Waals surface area contributed by atoms with Crippen molar-refractivity contribution in [2.24, 2.45) is 0 Å². The number of hydrogen-bond donors (Lipinski definition) is 1. The van der Waals surface area contributed by atoms with Gasteiger partial charge in [0, 0.05) is 5.02 Å². The Bertz CT molecular complexity index is 822. The van der Waals surface area contributed by atoms with E-state index >= 15 is 0 Å². The molecule has 0 bridgehead atoms. The monoisotopic (exact) mass is 372 g/mol. The molecule has 0 aliphatic carbocycles. The number of amides is 3. The third-order valence-electron chi connectivity index (χ3n) is 4.70. The Labute approximate surface area is 157 Å². The van der Waals surface area contributed by atoms with Crippen LogP contribution in [0.15, 0.2) is 48.5 Å². The first-order valence-electron chi connectivity index (χ1n) is 8.43. The molecule has 6 heteroatoms. The van der Waals surface area contributed by atoms with Crippen LogP contribution < -0.4 is 10.1 Å². The summed E-state index contributed by atoms with van der Waals surface area (Å²) in [6.07, 6.45) is 1.19. The normalized spacial score (nSPS) is 19.6. The van der Waals surface area contributed by atoms with E-state index in [1.807, 2.05) is 42.5 Å². The third-order valence-corrected chi connectivity index (χ3v) is 5.07. The Morgan fingerprint density at radius 1 is 1.12 bits per heavy atom. The minimum absolute atomic E-state index is 0.169. The fraction of sp³-hybridized carbons (Fsp3) is 0.300. The van der Waals surface area contributed by atoms with Crippen LogP contribution in [0.2, 0.25) is 5.02 Å². The van der Waals surface area contributed by atoms with Gasteiger partial charge in [-0.25, -0.2) is 4.79 Å². The molecule has 2 aromatic carbocycles. The molecule has 1 saturated heterocycles. The van der Waals surface area contributed by atoms with Gasteiger partial charge in [0.1, 0.15) is 11.3 Å². The van der Waals surface area contributed by atoms with Crippen molar-refractivity contribution in [3.63, 3.8) is 0 Å². The SMILES string of the molecule is COc1ccc(CC[C@]2(C)NC(=O)N(Cc3ccccc3Cl)C2=O)cc1. The second-order valence-corrected chi connectivity index (χ2v) is 7.00. The summed E-state index contributed by atoms with van der Waals surface area (Å²) in [5.41, 5.74) is 0.911. The highest BCUT2D eigenvalue weighted by Gasteiger charge is 2.47. The Morgan fingerprint density at radius 3 is 2.46 bits per heavy atom. The summed E-state index contributed by atoms with van der Waals surface area (Å²) in [5.74, 6) is 0.562. The van der Waals surface area contributed by atoms with Gasteiger partial charge in [-0.05, 0) is 49.1 Å². The zero-order valence-electron chi connectivity index (χ0n) is 14.8. The number of carbonyl (C=O) groups is 2. The van der Waals surface area contributed by atoms with Crippen LogP contribution in [0.25, 0.3) is 0 Å².